The molecule has 0 amide bonds. The molecule has 0 radical (unpaired) electrons. The summed E-state index contributed by atoms with van der Waals surface area (Å²) in [5.41, 5.74) is 0.825. The van der Waals surface area contributed by atoms with E-state index >= 15 is 0 Å². The maximum absolute atomic E-state index is 10.8. The van der Waals surface area contributed by atoms with Crippen LogP contribution in [0.4, 0.5) is 0 Å². The number of pyridine rings is 1. The highest BCUT2D eigenvalue weighted by Crippen LogP contribution is 2.23. The first-order chi connectivity index (χ1) is 6.77. The van der Waals surface area contributed by atoms with Crippen LogP contribution in [0.1, 0.15) is 6.92 Å². The zero-order chi connectivity index (χ0) is 9.97. The Kier molecular flexibility index (Phi) is 2.14. The van der Waals surface area contributed by atoms with Crippen LogP contribution >= 0.6 is 0 Å². The molecular weight excluding hydrogens is 178 g/mol. The first-order valence-corrected chi connectivity index (χ1v) is 4.29. The molecule has 70 valence electrons. The Bertz CT molecular complexity index is 474. The standard InChI is InChI=1S/C11H9NO2/c1-8(13)14-11-6-7-12-10-5-3-2-4-9(10)11/h2-7H,1H3. The third kappa shape index (κ3) is 1.57. The minimum absolute atomic E-state index is 0.318. The van der Waals surface area contributed by atoms with Gasteiger partial charge >= 0.3 is 5.97 Å². The lowest BCUT2D eigenvalue weighted by atomic mass is 10.2. The van der Waals surface area contributed by atoms with Crippen molar-refractivity contribution < 1.29 is 9.53 Å². The van der Waals surface area contributed by atoms with Crippen LogP contribution < -0.4 is 4.74 Å². The van der Waals surface area contributed by atoms with Crippen LogP contribution in [0.15, 0.2) is 36.5 Å². The zero-order valence-corrected chi connectivity index (χ0v) is 7.73. The molecule has 1 heterocycles. The van der Waals surface area contributed by atoms with E-state index in [-0.39, 0.29) is 5.97 Å². The van der Waals surface area contributed by atoms with Gasteiger partial charge in [0.2, 0.25) is 0 Å². The van der Waals surface area contributed by atoms with Gasteiger partial charge in [0, 0.05) is 18.5 Å². The smallest absolute Gasteiger partial charge is 0.308 e. The third-order valence-corrected chi connectivity index (χ3v) is 1.86. The van der Waals surface area contributed by atoms with Gasteiger partial charge in [-0.3, -0.25) is 9.78 Å². The summed E-state index contributed by atoms with van der Waals surface area (Å²) in [6.07, 6.45) is 1.63. The molecule has 1 aromatic heterocycles. The Morgan fingerprint density at radius 1 is 1.29 bits per heavy atom. The molecule has 3 nitrogen and oxygen atoms in total. The van der Waals surface area contributed by atoms with Crippen LogP contribution in [0.3, 0.4) is 0 Å². The summed E-state index contributed by atoms with van der Waals surface area (Å²) in [5.74, 6) is 0.240. The minimum Gasteiger partial charge on any atom is -0.426 e. The number of para-hydroxylation sites is 1. The van der Waals surface area contributed by atoms with E-state index in [0.717, 1.165) is 10.9 Å². The van der Waals surface area contributed by atoms with Crippen molar-refractivity contribution in [2.24, 2.45) is 0 Å². The maximum atomic E-state index is 10.8. The Balaban J connectivity index is 2.59. The summed E-state index contributed by atoms with van der Waals surface area (Å²) >= 11 is 0. The predicted molar refractivity (Wildman–Crippen MR) is 53.1 cm³/mol. The first-order valence-electron chi connectivity index (χ1n) is 4.29. The van der Waals surface area contributed by atoms with Crippen LogP contribution in [0.5, 0.6) is 5.75 Å². The second-order valence-electron chi connectivity index (χ2n) is 2.92. The summed E-state index contributed by atoms with van der Waals surface area (Å²) < 4.78 is 5.05. The van der Waals surface area contributed by atoms with Gasteiger partial charge in [0.05, 0.1) is 5.52 Å². The number of carbonyl (C=O) groups is 1. The van der Waals surface area contributed by atoms with Crippen LogP contribution in [0.2, 0.25) is 0 Å². The van der Waals surface area contributed by atoms with Crippen molar-refractivity contribution in [2.45, 2.75) is 6.92 Å². The maximum Gasteiger partial charge on any atom is 0.308 e. The summed E-state index contributed by atoms with van der Waals surface area (Å²) in [5, 5.41) is 0.852. The number of hydrogen-bond acceptors (Lipinski definition) is 3. The van der Waals surface area contributed by atoms with Gasteiger partial charge < -0.3 is 4.74 Å². The van der Waals surface area contributed by atoms with Crippen LogP contribution in [-0.4, -0.2) is 11.0 Å². The average Bonchev–Trinajstić information content (AvgIpc) is 2.18. The Labute approximate surface area is 81.3 Å². The number of hydrogen-bond donors (Lipinski definition) is 0. The summed E-state index contributed by atoms with van der Waals surface area (Å²) in [4.78, 5) is 15.0. The topological polar surface area (TPSA) is 39.2 Å². The first kappa shape index (κ1) is 8.69. The fourth-order valence-corrected chi connectivity index (χ4v) is 1.31. The van der Waals surface area contributed by atoms with E-state index in [1.54, 1.807) is 12.3 Å². The van der Waals surface area contributed by atoms with E-state index in [9.17, 15) is 4.79 Å². The second kappa shape index (κ2) is 3.46. The number of fused-ring (bicyclic) bond motifs is 1. The Hall–Kier alpha value is -1.90. The zero-order valence-electron chi connectivity index (χ0n) is 7.73. The SMILES string of the molecule is CC(=O)Oc1ccnc2ccccc12. The number of ether oxygens (including phenoxy) is 1. The average molecular weight is 187 g/mol. The molecule has 0 fully saturated rings. The highest BCUT2D eigenvalue weighted by Gasteiger charge is 2.03. The third-order valence-electron chi connectivity index (χ3n) is 1.86. The highest BCUT2D eigenvalue weighted by atomic mass is 16.5. The summed E-state index contributed by atoms with van der Waals surface area (Å²) in [7, 11) is 0. The predicted octanol–water partition coefficient (Wildman–Crippen LogP) is 2.16. The number of carbonyl (C=O) groups excluding carboxylic acids is 1. The molecule has 0 bridgehead atoms. The number of esters is 1. The molecule has 2 rings (SSSR count). The normalized spacial score (nSPS) is 10.1. The Morgan fingerprint density at radius 3 is 2.86 bits per heavy atom. The molecular formula is C11H9NO2. The van der Waals surface area contributed by atoms with Gasteiger partial charge in [0.1, 0.15) is 5.75 Å². The minimum atomic E-state index is -0.318. The van der Waals surface area contributed by atoms with Crippen LogP contribution in [-0.2, 0) is 4.79 Å². The Morgan fingerprint density at radius 2 is 2.07 bits per heavy atom. The van der Waals surface area contributed by atoms with Crippen molar-refractivity contribution in [3.63, 3.8) is 0 Å². The van der Waals surface area contributed by atoms with E-state index in [4.69, 9.17) is 4.74 Å². The van der Waals surface area contributed by atoms with E-state index < -0.39 is 0 Å². The highest BCUT2D eigenvalue weighted by molar-refractivity contribution is 5.87. The van der Waals surface area contributed by atoms with Crippen molar-refractivity contribution in [3.8, 4) is 5.75 Å². The van der Waals surface area contributed by atoms with Crippen LogP contribution in [0.25, 0.3) is 10.9 Å². The van der Waals surface area contributed by atoms with Gasteiger partial charge in [-0.2, -0.15) is 0 Å². The van der Waals surface area contributed by atoms with E-state index in [1.807, 2.05) is 24.3 Å². The number of benzene rings is 1. The van der Waals surface area contributed by atoms with E-state index in [0.29, 0.717) is 5.75 Å². The molecule has 0 saturated heterocycles. The monoisotopic (exact) mass is 187 g/mol. The molecule has 1 aromatic carbocycles. The molecule has 0 spiro atoms. The van der Waals surface area contributed by atoms with Crippen molar-refractivity contribution >= 4 is 16.9 Å². The molecule has 0 aliphatic heterocycles. The molecule has 0 atom stereocenters. The molecule has 14 heavy (non-hydrogen) atoms. The van der Waals surface area contributed by atoms with Gasteiger partial charge in [-0.25, -0.2) is 0 Å². The molecule has 0 aliphatic carbocycles. The molecule has 0 unspecified atom stereocenters. The van der Waals surface area contributed by atoms with Crippen molar-refractivity contribution in [2.75, 3.05) is 0 Å². The van der Waals surface area contributed by atoms with E-state index in [1.165, 1.54) is 6.92 Å². The second-order valence-corrected chi connectivity index (χ2v) is 2.92. The lowest BCUT2D eigenvalue weighted by Gasteiger charge is -2.04. The number of rotatable bonds is 1. The van der Waals surface area contributed by atoms with Gasteiger partial charge in [0.25, 0.3) is 0 Å². The molecule has 0 N–H and O–H groups in total. The molecule has 0 saturated carbocycles. The van der Waals surface area contributed by atoms with Crippen molar-refractivity contribution in [3.05, 3.63) is 36.5 Å². The van der Waals surface area contributed by atoms with Crippen molar-refractivity contribution in [1.82, 2.24) is 4.98 Å². The van der Waals surface area contributed by atoms with Gasteiger partial charge in [0.15, 0.2) is 0 Å². The fraction of sp³-hybridized carbons (Fsp3) is 0.0909. The van der Waals surface area contributed by atoms with Gasteiger partial charge in [-0.15, -0.1) is 0 Å². The lowest BCUT2D eigenvalue weighted by Crippen LogP contribution is -2.01. The van der Waals surface area contributed by atoms with E-state index in [2.05, 4.69) is 4.98 Å². The number of nitrogens with zero attached hydrogens (tertiary/aromatic N) is 1. The van der Waals surface area contributed by atoms with Crippen LogP contribution in [0, 0.1) is 0 Å². The molecule has 3 heteroatoms. The largest absolute Gasteiger partial charge is 0.426 e. The van der Waals surface area contributed by atoms with Gasteiger partial charge in [-0.1, -0.05) is 12.1 Å². The van der Waals surface area contributed by atoms with Gasteiger partial charge in [-0.05, 0) is 18.2 Å². The van der Waals surface area contributed by atoms with Crippen molar-refractivity contribution in [1.29, 1.82) is 0 Å². The number of aromatic nitrogens is 1. The quantitative estimate of drug-likeness (QED) is 0.642. The summed E-state index contributed by atoms with van der Waals surface area (Å²) in [6.45, 7) is 1.38. The lowest BCUT2D eigenvalue weighted by molar-refractivity contribution is -0.131. The molecule has 0 aliphatic rings. The fourth-order valence-electron chi connectivity index (χ4n) is 1.31. The summed E-state index contributed by atoms with van der Waals surface area (Å²) in [6, 6.07) is 9.22. The molecule has 2 aromatic rings.